The zero-order valence-corrected chi connectivity index (χ0v) is 24.2. The first kappa shape index (κ1) is 28.3. The van der Waals surface area contributed by atoms with Gasteiger partial charge in [0, 0.05) is 13.1 Å². The number of sulfonamides is 1. The van der Waals surface area contributed by atoms with Gasteiger partial charge in [0.25, 0.3) is 21.8 Å². The molecule has 1 N–H and O–H groups in total. The number of benzene rings is 4. The van der Waals surface area contributed by atoms with E-state index in [0.717, 1.165) is 11.1 Å². The van der Waals surface area contributed by atoms with E-state index >= 15 is 0 Å². The third-order valence-corrected chi connectivity index (χ3v) is 9.37. The molecule has 4 aromatic carbocycles. The molecule has 43 heavy (non-hydrogen) atoms. The lowest BCUT2D eigenvalue weighted by atomic mass is 10.1. The Labute approximate surface area is 250 Å². The molecule has 0 spiro atoms. The van der Waals surface area contributed by atoms with Crippen molar-refractivity contribution in [3.05, 3.63) is 114 Å². The highest BCUT2D eigenvalue weighted by molar-refractivity contribution is 7.92. The molecule has 9 nitrogen and oxygen atoms in total. The Hall–Kier alpha value is -4.83. The van der Waals surface area contributed by atoms with Crippen molar-refractivity contribution in [1.82, 2.24) is 5.32 Å². The van der Waals surface area contributed by atoms with E-state index in [1.165, 1.54) is 21.3 Å². The Bertz CT molecular complexity index is 1730. The van der Waals surface area contributed by atoms with Crippen LogP contribution in [0.4, 0.5) is 11.4 Å². The maximum atomic E-state index is 13.3. The van der Waals surface area contributed by atoms with Crippen molar-refractivity contribution in [2.24, 2.45) is 0 Å². The van der Waals surface area contributed by atoms with Crippen molar-refractivity contribution in [3.63, 3.8) is 0 Å². The average molecular weight is 598 g/mol. The lowest BCUT2D eigenvalue weighted by Crippen LogP contribution is -2.52. The lowest BCUT2D eigenvalue weighted by molar-refractivity contribution is -0.128. The molecule has 4 aromatic rings. The molecular weight excluding hydrogens is 566 g/mol. The van der Waals surface area contributed by atoms with Crippen LogP contribution in [0.1, 0.15) is 11.1 Å². The Morgan fingerprint density at radius 2 is 1.56 bits per heavy atom. The second-order valence-corrected chi connectivity index (χ2v) is 12.2. The summed E-state index contributed by atoms with van der Waals surface area (Å²) in [4.78, 5) is 27.9. The maximum absolute atomic E-state index is 13.3. The smallest absolute Gasteiger partial charge is 0.265 e. The standard InChI is InChI=1S/C33H31N3O6S/c37-32(23-41-26-14-16-27(17-15-26)43(39,40)36-21-19-25-10-4-5-11-28(25)36)35-22-31(42-30-13-7-6-12-29(30)35)33(38)34-20-18-24-8-2-1-3-9-24/h1-17,31H,18-23H2,(H,34,38). The van der Waals surface area contributed by atoms with Gasteiger partial charge in [0.15, 0.2) is 12.7 Å². The highest BCUT2D eigenvalue weighted by Crippen LogP contribution is 2.34. The van der Waals surface area contributed by atoms with Gasteiger partial charge in [0.05, 0.1) is 22.8 Å². The van der Waals surface area contributed by atoms with Crippen LogP contribution in [-0.2, 0) is 32.5 Å². The predicted molar refractivity (Wildman–Crippen MR) is 163 cm³/mol. The average Bonchev–Trinajstić information content (AvgIpc) is 3.49. The molecule has 0 radical (unpaired) electrons. The number of carbonyl (C=O) groups excluding carboxylic acids is 2. The Morgan fingerprint density at radius 3 is 2.35 bits per heavy atom. The topological polar surface area (TPSA) is 105 Å². The monoisotopic (exact) mass is 597 g/mol. The first-order valence-corrected chi connectivity index (χ1v) is 15.6. The second-order valence-electron chi connectivity index (χ2n) is 10.3. The first-order valence-electron chi connectivity index (χ1n) is 14.1. The molecule has 10 heteroatoms. The summed E-state index contributed by atoms with van der Waals surface area (Å²) in [5, 5.41) is 2.91. The van der Waals surface area contributed by atoms with E-state index < -0.39 is 16.1 Å². The summed E-state index contributed by atoms with van der Waals surface area (Å²) >= 11 is 0. The molecule has 2 amide bonds. The van der Waals surface area contributed by atoms with Gasteiger partial charge >= 0.3 is 0 Å². The van der Waals surface area contributed by atoms with Crippen LogP contribution >= 0.6 is 0 Å². The molecule has 1 unspecified atom stereocenters. The van der Waals surface area contributed by atoms with Gasteiger partial charge in [0.1, 0.15) is 11.5 Å². The number of carbonyl (C=O) groups is 2. The number of hydrogen-bond acceptors (Lipinski definition) is 6. The molecule has 1 atom stereocenters. The fourth-order valence-corrected chi connectivity index (χ4v) is 6.81. The third kappa shape index (κ3) is 6.05. The summed E-state index contributed by atoms with van der Waals surface area (Å²) in [6, 6.07) is 30.4. The van der Waals surface area contributed by atoms with Gasteiger partial charge in [-0.2, -0.15) is 0 Å². The minimum atomic E-state index is -3.74. The summed E-state index contributed by atoms with van der Waals surface area (Å²) in [6.07, 6.45) is 0.465. The molecule has 0 aromatic heterocycles. The van der Waals surface area contributed by atoms with E-state index in [4.69, 9.17) is 9.47 Å². The summed E-state index contributed by atoms with van der Waals surface area (Å²) in [5.74, 6) is 0.124. The number of anilines is 2. The van der Waals surface area contributed by atoms with Gasteiger partial charge in [-0.25, -0.2) is 8.42 Å². The minimum Gasteiger partial charge on any atom is -0.484 e. The lowest BCUT2D eigenvalue weighted by Gasteiger charge is -2.34. The summed E-state index contributed by atoms with van der Waals surface area (Å²) < 4.78 is 39.7. The molecule has 6 rings (SSSR count). The van der Waals surface area contributed by atoms with Crippen molar-refractivity contribution in [2.45, 2.75) is 23.8 Å². The van der Waals surface area contributed by atoms with Gasteiger partial charge in [-0.1, -0.05) is 60.7 Å². The van der Waals surface area contributed by atoms with E-state index in [9.17, 15) is 18.0 Å². The molecule has 2 heterocycles. The molecule has 2 aliphatic heterocycles. The van der Waals surface area contributed by atoms with E-state index in [1.807, 2.05) is 54.6 Å². The normalized spacial score (nSPS) is 15.7. The van der Waals surface area contributed by atoms with Crippen molar-refractivity contribution in [2.75, 3.05) is 35.4 Å². The molecule has 0 saturated carbocycles. The van der Waals surface area contributed by atoms with Crippen molar-refractivity contribution in [1.29, 1.82) is 0 Å². The van der Waals surface area contributed by atoms with Crippen LogP contribution in [0, 0.1) is 0 Å². The van der Waals surface area contributed by atoms with Crippen LogP contribution in [0.25, 0.3) is 0 Å². The predicted octanol–water partition coefficient (Wildman–Crippen LogP) is 3.97. The number of fused-ring (bicyclic) bond motifs is 2. The molecule has 0 saturated heterocycles. The van der Waals surface area contributed by atoms with Crippen molar-refractivity contribution >= 4 is 33.2 Å². The summed E-state index contributed by atoms with van der Waals surface area (Å²) in [5.41, 5.74) is 3.36. The van der Waals surface area contributed by atoms with Crippen LogP contribution in [0.2, 0.25) is 0 Å². The van der Waals surface area contributed by atoms with Crippen LogP contribution in [0.15, 0.2) is 108 Å². The number of nitrogens with one attached hydrogen (secondary N) is 1. The van der Waals surface area contributed by atoms with Crippen molar-refractivity contribution < 1.29 is 27.5 Å². The first-order chi connectivity index (χ1) is 20.9. The highest BCUT2D eigenvalue weighted by atomic mass is 32.2. The SMILES string of the molecule is O=C(NCCc1ccccc1)C1CN(C(=O)COc2ccc(S(=O)(=O)N3CCc4ccccc43)cc2)c2ccccc2O1. The summed E-state index contributed by atoms with van der Waals surface area (Å²) in [6.45, 7) is 0.562. The number of para-hydroxylation sites is 3. The van der Waals surface area contributed by atoms with Gasteiger partial charge in [0.2, 0.25) is 0 Å². The van der Waals surface area contributed by atoms with E-state index in [-0.39, 0.29) is 29.9 Å². The van der Waals surface area contributed by atoms with Gasteiger partial charge in [-0.05, 0) is 66.4 Å². The van der Waals surface area contributed by atoms with E-state index in [1.54, 1.807) is 36.4 Å². The minimum absolute atomic E-state index is 0.0326. The number of amides is 2. The van der Waals surface area contributed by atoms with Gasteiger partial charge < -0.3 is 19.7 Å². The molecule has 0 bridgehead atoms. The Balaban J connectivity index is 1.08. The molecule has 0 aliphatic carbocycles. The largest absolute Gasteiger partial charge is 0.484 e. The number of hydrogen-bond donors (Lipinski definition) is 1. The molecule has 2 aliphatic rings. The molecule has 220 valence electrons. The van der Waals surface area contributed by atoms with E-state index in [2.05, 4.69) is 5.32 Å². The Morgan fingerprint density at radius 1 is 0.860 bits per heavy atom. The quantitative estimate of drug-likeness (QED) is 0.313. The fraction of sp³-hybridized carbons (Fsp3) is 0.212. The highest BCUT2D eigenvalue weighted by Gasteiger charge is 2.34. The zero-order chi connectivity index (χ0) is 29.8. The van der Waals surface area contributed by atoms with Gasteiger partial charge in [-0.15, -0.1) is 0 Å². The van der Waals surface area contributed by atoms with Crippen molar-refractivity contribution in [3.8, 4) is 11.5 Å². The maximum Gasteiger partial charge on any atom is 0.265 e. The fourth-order valence-electron chi connectivity index (χ4n) is 5.31. The zero-order valence-electron chi connectivity index (χ0n) is 23.4. The summed E-state index contributed by atoms with van der Waals surface area (Å²) in [7, 11) is -3.74. The van der Waals surface area contributed by atoms with Crippen LogP contribution < -0.4 is 24.0 Å². The Kier molecular flexibility index (Phi) is 8.02. The molecular formula is C33H31N3O6S. The van der Waals surface area contributed by atoms with Gasteiger partial charge in [-0.3, -0.25) is 13.9 Å². The molecule has 0 fully saturated rings. The van der Waals surface area contributed by atoms with Crippen LogP contribution in [0.3, 0.4) is 0 Å². The van der Waals surface area contributed by atoms with E-state index in [0.29, 0.717) is 48.8 Å². The third-order valence-electron chi connectivity index (χ3n) is 7.54. The number of nitrogens with zero attached hydrogens (tertiary/aromatic N) is 2. The van der Waals surface area contributed by atoms with Crippen LogP contribution in [-0.4, -0.2) is 52.6 Å². The second kappa shape index (κ2) is 12.2. The number of rotatable bonds is 9. The number of ether oxygens (including phenoxy) is 2. The van der Waals surface area contributed by atoms with Crippen LogP contribution in [0.5, 0.6) is 11.5 Å².